The molecule has 4 aromatic rings. The van der Waals surface area contributed by atoms with Crippen molar-refractivity contribution in [3.05, 3.63) is 111 Å². The standard InChI is InChI=1S/C35H35N5O4S/c1-21-6-9-27(12-22(21)2)37-35(45)38-28-15-25(34(42)36-16-23-7-11-31-32(14-23)44-20-43-31)8-10-30(28)39-17-24-13-26(19-39)29-4-3-5-33(41)40(29)18-24/h3-12,14-15,24,26H,13,16-20H2,1-2H3,(H,36,42)(H2,37,38,45)/t24-,26+/m1/s1. The van der Waals surface area contributed by atoms with Crippen LogP contribution in [-0.2, 0) is 13.1 Å². The Balaban J connectivity index is 1.14. The van der Waals surface area contributed by atoms with Gasteiger partial charge in [0.05, 0.1) is 11.4 Å². The van der Waals surface area contributed by atoms with Crippen LogP contribution >= 0.6 is 12.2 Å². The SMILES string of the molecule is Cc1ccc(NC(=S)Nc2cc(C(=O)NCc3ccc4c(c3)OCO4)ccc2N2C[C@H]3C[C@@H](C2)c2cccc(=O)n2C3)cc1C. The summed E-state index contributed by atoms with van der Waals surface area (Å²) in [7, 11) is 0. The van der Waals surface area contributed by atoms with Crippen LogP contribution in [0.25, 0.3) is 0 Å². The number of nitrogens with zero attached hydrogens (tertiary/aromatic N) is 2. The van der Waals surface area contributed by atoms with Gasteiger partial charge in [-0.05, 0) is 104 Å². The number of amides is 1. The number of aryl methyl sites for hydroxylation is 2. The van der Waals surface area contributed by atoms with E-state index in [9.17, 15) is 9.59 Å². The van der Waals surface area contributed by atoms with Gasteiger partial charge in [0.1, 0.15) is 0 Å². The van der Waals surface area contributed by atoms with Crippen LogP contribution in [0.5, 0.6) is 11.5 Å². The highest BCUT2D eigenvalue weighted by Gasteiger charge is 2.35. The molecule has 7 rings (SSSR count). The van der Waals surface area contributed by atoms with Crippen molar-refractivity contribution in [2.75, 3.05) is 35.4 Å². The molecule has 1 fully saturated rings. The van der Waals surface area contributed by atoms with Crippen LogP contribution in [0.4, 0.5) is 17.1 Å². The molecule has 3 N–H and O–H groups in total. The second-order valence-corrected chi connectivity index (χ2v) is 12.5. The van der Waals surface area contributed by atoms with Gasteiger partial charge in [0.15, 0.2) is 16.6 Å². The third kappa shape index (κ3) is 5.98. The third-order valence-corrected chi connectivity index (χ3v) is 9.19. The Hall–Kier alpha value is -4.83. The molecule has 0 unspecified atom stereocenters. The molecule has 3 aromatic carbocycles. The van der Waals surface area contributed by atoms with Crippen molar-refractivity contribution in [2.45, 2.75) is 39.3 Å². The summed E-state index contributed by atoms with van der Waals surface area (Å²) >= 11 is 5.76. The van der Waals surface area contributed by atoms with Crippen molar-refractivity contribution in [2.24, 2.45) is 5.92 Å². The molecule has 1 aromatic heterocycles. The summed E-state index contributed by atoms with van der Waals surface area (Å²) in [5.41, 5.74) is 7.58. The number of piperidine rings is 1. The number of nitrogens with one attached hydrogen (secondary N) is 3. The van der Waals surface area contributed by atoms with Gasteiger partial charge in [0.2, 0.25) is 6.79 Å². The largest absolute Gasteiger partial charge is 0.454 e. The second-order valence-electron chi connectivity index (χ2n) is 12.1. The van der Waals surface area contributed by atoms with Gasteiger partial charge in [0, 0.05) is 55.1 Å². The lowest BCUT2D eigenvalue weighted by Crippen LogP contribution is -2.47. The lowest BCUT2D eigenvalue weighted by atomic mass is 9.83. The van der Waals surface area contributed by atoms with Gasteiger partial charge in [-0.2, -0.15) is 0 Å². The van der Waals surface area contributed by atoms with E-state index in [0.717, 1.165) is 47.8 Å². The quantitative estimate of drug-likeness (QED) is 0.241. The van der Waals surface area contributed by atoms with E-state index < -0.39 is 0 Å². The maximum absolute atomic E-state index is 13.4. The van der Waals surface area contributed by atoms with Crippen LogP contribution in [0.15, 0.2) is 77.6 Å². The van der Waals surface area contributed by atoms with Gasteiger partial charge in [-0.25, -0.2) is 0 Å². The average Bonchev–Trinajstić information content (AvgIpc) is 3.50. The molecule has 9 nitrogen and oxygen atoms in total. The Morgan fingerprint density at radius 1 is 0.911 bits per heavy atom. The number of aromatic nitrogens is 1. The first-order chi connectivity index (χ1) is 21.8. The molecular weight excluding hydrogens is 586 g/mol. The van der Waals surface area contributed by atoms with Crippen molar-refractivity contribution in [3.8, 4) is 11.5 Å². The molecule has 3 aliphatic rings. The molecule has 45 heavy (non-hydrogen) atoms. The Bertz CT molecular complexity index is 1870. The van der Waals surface area contributed by atoms with Gasteiger partial charge >= 0.3 is 0 Å². The molecule has 0 spiro atoms. The lowest BCUT2D eigenvalue weighted by molar-refractivity contribution is 0.0951. The fourth-order valence-electron chi connectivity index (χ4n) is 6.59. The van der Waals surface area contributed by atoms with Crippen LogP contribution in [0, 0.1) is 19.8 Å². The highest BCUT2D eigenvalue weighted by Crippen LogP contribution is 2.39. The summed E-state index contributed by atoms with van der Waals surface area (Å²) in [6.45, 7) is 6.98. The van der Waals surface area contributed by atoms with Crippen molar-refractivity contribution in [3.63, 3.8) is 0 Å². The summed E-state index contributed by atoms with van der Waals surface area (Å²) in [6, 6.07) is 23.1. The topological polar surface area (TPSA) is 96.9 Å². The van der Waals surface area contributed by atoms with Crippen LogP contribution in [0.1, 0.15) is 45.1 Å². The molecule has 0 aliphatic carbocycles. The van der Waals surface area contributed by atoms with Gasteiger partial charge < -0.3 is 34.9 Å². The van der Waals surface area contributed by atoms with E-state index in [1.54, 1.807) is 6.07 Å². The third-order valence-electron chi connectivity index (χ3n) is 8.98. The molecular formula is C35H35N5O4S. The molecule has 230 valence electrons. The minimum absolute atomic E-state index is 0.0666. The van der Waals surface area contributed by atoms with Crippen LogP contribution in [0.3, 0.4) is 0 Å². The summed E-state index contributed by atoms with van der Waals surface area (Å²) < 4.78 is 12.8. The highest BCUT2D eigenvalue weighted by molar-refractivity contribution is 7.80. The molecule has 1 amide bonds. The number of fused-ring (bicyclic) bond motifs is 5. The van der Waals surface area contributed by atoms with E-state index in [2.05, 4.69) is 52.9 Å². The van der Waals surface area contributed by atoms with E-state index in [-0.39, 0.29) is 24.2 Å². The number of rotatable bonds is 6. The number of benzene rings is 3. The fourth-order valence-corrected chi connectivity index (χ4v) is 6.81. The normalized spacial score (nSPS) is 17.8. The molecule has 0 saturated carbocycles. The second kappa shape index (κ2) is 11.9. The monoisotopic (exact) mass is 621 g/mol. The zero-order chi connectivity index (χ0) is 31.1. The van der Waals surface area contributed by atoms with E-state index >= 15 is 0 Å². The molecule has 0 radical (unpaired) electrons. The molecule has 10 heteroatoms. The number of pyridine rings is 1. The maximum Gasteiger partial charge on any atom is 0.251 e. The molecule has 4 heterocycles. The van der Waals surface area contributed by atoms with Gasteiger partial charge in [-0.3, -0.25) is 9.59 Å². The van der Waals surface area contributed by atoms with E-state index in [1.165, 1.54) is 11.1 Å². The van der Waals surface area contributed by atoms with Crippen LogP contribution < -0.4 is 35.9 Å². The van der Waals surface area contributed by atoms with Gasteiger partial charge in [-0.15, -0.1) is 0 Å². The first-order valence-electron chi connectivity index (χ1n) is 15.2. The minimum atomic E-state index is -0.195. The molecule has 1 saturated heterocycles. The number of carbonyl (C=O) groups is 1. The Morgan fingerprint density at radius 3 is 2.64 bits per heavy atom. The summed E-state index contributed by atoms with van der Waals surface area (Å²) in [5, 5.41) is 10.2. The summed E-state index contributed by atoms with van der Waals surface area (Å²) in [4.78, 5) is 28.3. The Morgan fingerprint density at radius 2 is 1.78 bits per heavy atom. The fraction of sp³-hybridized carbons (Fsp3) is 0.286. The van der Waals surface area contributed by atoms with Gasteiger partial charge in [-0.1, -0.05) is 18.2 Å². The number of carbonyl (C=O) groups excluding carboxylic acids is 1. The zero-order valence-electron chi connectivity index (χ0n) is 25.3. The van der Waals surface area contributed by atoms with Gasteiger partial charge in [0.25, 0.3) is 11.5 Å². The zero-order valence-corrected chi connectivity index (χ0v) is 26.1. The summed E-state index contributed by atoms with van der Waals surface area (Å²) in [5.74, 6) is 1.78. The number of hydrogen-bond acceptors (Lipinski definition) is 6. The minimum Gasteiger partial charge on any atom is -0.454 e. The smallest absolute Gasteiger partial charge is 0.251 e. The van der Waals surface area contributed by atoms with Crippen LogP contribution in [0.2, 0.25) is 0 Å². The van der Waals surface area contributed by atoms with E-state index in [0.29, 0.717) is 41.2 Å². The Kier molecular flexibility index (Phi) is 7.66. The predicted molar refractivity (Wildman–Crippen MR) is 180 cm³/mol. The number of thiocarbonyl (C=S) groups is 1. The first kappa shape index (κ1) is 28.9. The number of ether oxygens (including phenoxy) is 2. The number of hydrogen-bond donors (Lipinski definition) is 3. The van der Waals surface area contributed by atoms with Crippen molar-refractivity contribution >= 4 is 40.3 Å². The van der Waals surface area contributed by atoms with Crippen molar-refractivity contribution in [1.82, 2.24) is 9.88 Å². The highest BCUT2D eigenvalue weighted by atomic mass is 32.1. The number of anilines is 3. The molecule has 2 atom stereocenters. The average molecular weight is 622 g/mol. The predicted octanol–water partition coefficient (Wildman–Crippen LogP) is 5.56. The Labute approximate surface area is 267 Å². The molecule has 3 aliphatic heterocycles. The summed E-state index contributed by atoms with van der Waals surface area (Å²) in [6.07, 6.45) is 1.05. The van der Waals surface area contributed by atoms with Crippen molar-refractivity contribution < 1.29 is 14.3 Å². The van der Waals surface area contributed by atoms with Crippen LogP contribution in [-0.4, -0.2) is 35.5 Å². The maximum atomic E-state index is 13.4. The van der Waals surface area contributed by atoms with E-state index in [1.807, 2.05) is 53.1 Å². The molecule has 2 bridgehead atoms. The van der Waals surface area contributed by atoms with Crippen molar-refractivity contribution in [1.29, 1.82) is 0 Å². The first-order valence-corrected chi connectivity index (χ1v) is 15.6. The van der Waals surface area contributed by atoms with E-state index in [4.69, 9.17) is 21.7 Å². The lowest BCUT2D eigenvalue weighted by Gasteiger charge is -2.44.